The molecule has 0 radical (unpaired) electrons. The predicted octanol–water partition coefficient (Wildman–Crippen LogP) is 2.54. The van der Waals surface area contributed by atoms with E-state index in [0.29, 0.717) is 11.0 Å². The number of nitrogens with one attached hydrogen (secondary N) is 1. The van der Waals surface area contributed by atoms with E-state index < -0.39 is 11.9 Å². The van der Waals surface area contributed by atoms with Gasteiger partial charge in [-0.25, -0.2) is 4.39 Å². The lowest BCUT2D eigenvalue weighted by molar-refractivity contribution is -0.138. The number of carbonyl (C=O) groups is 2. The first-order valence-electron chi connectivity index (χ1n) is 6.08. The molecule has 6 heteroatoms. The van der Waals surface area contributed by atoms with Crippen molar-refractivity contribution in [1.29, 1.82) is 0 Å². The third-order valence-electron chi connectivity index (χ3n) is 2.95. The number of hydrogen-bond donors (Lipinski definition) is 1. The monoisotopic (exact) mass is 328 g/mol. The average molecular weight is 329 g/mol. The van der Waals surface area contributed by atoms with Gasteiger partial charge in [0, 0.05) is 11.0 Å². The van der Waals surface area contributed by atoms with Gasteiger partial charge in [-0.05, 0) is 24.6 Å². The van der Waals surface area contributed by atoms with Crippen molar-refractivity contribution < 1.29 is 14.0 Å². The number of carbonyl (C=O) groups excluding carboxylic acids is 2. The van der Waals surface area contributed by atoms with Crippen LogP contribution in [0.5, 0.6) is 0 Å². The van der Waals surface area contributed by atoms with Crippen LogP contribution in [0, 0.1) is 5.82 Å². The molecular formula is C13H14BrFN2O2. The first kappa shape index (κ1) is 14.0. The van der Waals surface area contributed by atoms with E-state index in [2.05, 4.69) is 21.2 Å². The summed E-state index contributed by atoms with van der Waals surface area (Å²) in [6, 6.07) is 3.86. The van der Waals surface area contributed by atoms with Crippen LogP contribution in [0.4, 0.5) is 10.1 Å². The van der Waals surface area contributed by atoms with Crippen molar-refractivity contribution >= 4 is 33.4 Å². The molecule has 0 aliphatic carbocycles. The topological polar surface area (TPSA) is 49.4 Å². The van der Waals surface area contributed by atoms with Gasteiger partial charge in [-0.2, -0.15) is 0 Å². The molecule has 1 aliphatic rings. The molecular weight excluding hydrogens is 315 g/mol. The second-order valence-electron chi connectivity index (χ2n) is 4.41. The van der Waals surface area contributed by atoms with Crippen molar-refractivity contribution in [2.75, 3.05) is 11.9 Å². The highest BCUT2D eigenvalue weighted by Crippen LogP contribution is 2.23. The maximum absolute atomic E-state index is 13.7. The number of likely N-dealkylation sites (tertiary alicyclic amines) is 1. The van der Waals surface area contributed by atoms with Crippen LogP contribution in [0.1, 0.15) is 19.8 Å². The van der Waals surface area contributed by atoms with Gasteiger partial charge < -0.3 is 5.32 Å². The Morgan fingerprint density at radius 1 is 1.47 bits per heavy atom. The van der Waals surface area contributed by atoms with Crippen LogP contribution in [-0.4, -0.2) is 29.3 Å². The SMILES string of the molecule is CCCN1C(=O)CC(Nc2ccc(Br)cc2F)C1=O. The molecule has 2 amide bonds. The summed E-state index contributed by atoms with van der Waals surface area (Å²) in [5.74, 6) is -0.945. The summed E-state index contributed by atoms with van der Waals surface area (Å²) >= 11 is 3.16. The molecule has 1 aromatic carbocycles. The highest BCUT2D eigenvalue weighted by molar-refractivity contribution is 9.10. The van der Waals surface area contributed by atoms with Gasteiger partial charge in [-0.3, -0.25) is 14.5 Å². The zero-order valence-corrected chi connectivity index (χ0v) is 12.0. The summed E-state index contributed by atoms with van der Waals surface area (Å²) in [6.45, 7) is 2.31. The molecule has 19 heavy (non-hydrogen) atoms. The van der Waals surface area contributed by atoms with E-state index in [0.717, 1.165) is 6.42 Å². The molecule has 4 nitrogen and oxygen atoms in total. The van der Waals surface area contributed by atoms with Crippen molar-refractivity contribution in [3.63, 3.8) is 0 Å². The van der Waals surface area contributed by atoms with E-state index in [1.807, 2.05) is 6.92 Å². The predicted molar refractivity (Wildman–Crippen MR) is 73.1 cm³/mol. The lowest BCUT2D eigenvalue weighted by atomic mass is 10.2. The summed E-state index contributed by atoms with van der Waals surface area (Å²) in [6.07, 6.45) is 0.797. The molecule has 102 valence electrons. The van der Waals surface area contributed by atoms with Crippen molar-refractivity contribution in [2.45, 2.75) is 25.8 Å². The van der Waals surface area contributed by atoms with Crippen molar-refractivity contribution in [1.82, 2.24) is 4.90 Å². The van der Waals surface area contributed by atoms with Gasteiger partial charge in [0.15, 0.2) is 0 Å². The van der Waals surface area contributed by atoms with Crippen molar-refractivity contribution in [2.24, 2.45) is 0 Å². The minimum atomic E-state index is -0.672. The molecule has 1 heterocycles. The molecule has 1 N–H and O–H groups in total. The van der Waals surface area contributed by atoms with Gasteiger partial charge in [-0.15, -0.1) is 0 Å². The number of rotatable bonds is 4. The second-order valence-corrected chi connectivity index (χ2v) is 5.32. The van der Waals surface area contributed by atoms with Gasteiger partial charge in [-0.1, -0.05) is 22.9 Å². The van der Waals surface area contributed by atoms with Gasteiger partial charge in [0.25, 0.3) is 5.91 Å². The lowest BCUT2D eigenvalue weighted by Crippen LogP contribution is -2.35. The van der Waals surface area contributed by atoms with Crippen LogP contribution in [0.15, 0.2) is 22.7 Å². The van der Waals surface area contributed by atoms with E-state index in [1.165, 1.54) is 11.0 Å². The summed E-state index contributed by atoms with van der Waals surface area (Å²) < 4.78 is 14.3. The molecule has 0 aromatic heterocycles. The third kappa shape index (κ3) is 2.94. The van der Waals surface area contributed by atoms with Crippen LogP contribution in [0.3, 0.4) is 0 Å². The van der Waals surface area contributed by atoms with Gasteiger partial charge in [0.1, 0.15) is 11.9 Å². The van der Waals surface area contributed by atoms with Crippen LogP contribution in [-0.2, 0) is 9.59 Å². The molecule has 0 spiro atoms. The lowest BCUT2D eigenvalue weighted by Gasteiger charge is -2.15. The van der Waals surface area contributed by atoms with E-state index in [-0.39, 0.29) is 23.9 Å². The highest BCUT2D eigenvalue weighted by atomic mass is 79.9. The summed E-state index contributed by atoms with van der Waals surface area (Å²) in [5, 5.41) is 2.80. The van der Waals surface area contributed by atoms with Crippen LogP contribution in [0.25, 0.3) is 0 Å². The fraction of sp³-hybridized carbons (Fsp3) is 0.385. The number of hydrogen-bond acceptors (Lipinski definition) is 3. The Balaban J connectivity index is 2.12. The quantitative estimate of drug-likeness (QED) is 0.864. The highest BCUT2D eigenvalue weighted by Gasteiger charge is 2.38. The Hall–Kier alpha value is -1.43. The van der Waals surface area contributed by atoms with Crippen LogP contribution in [0.2, 0.25) is 0 Å². The minimum Gasteiger partial charge on any atom is -0.371 e. The molecule has 1 unspecified atom stereocenters. The van der Waals surface area contributed by atoms with E-state index in [9.17, 15) is 14.0 Å². The number of anilines is 1. The Morgan fingerprint density at radius 3 is 2.84 bits per heavy atom. The first-order chi connectivity index (χ1) is 9.02. The molecule has 1 saturated heterocycles. The van der Waals surface area contributed by atoms with Gasteiger partial charge in [0.2, 0.25) is 5.91 Å². The summed E-state index contributed by atoms with van der Waals surface area (Å²) in [7, 11) is 0. The maximum Gasteiger partial charge on any atom is 0.252 e. The fourth-order valence-electron chi connectivity index (χ4n) is 2.05. The first-order valence-corrected chi connectivity index (χ1v) is 6.88. The van der Waals surface area contributed by atoms with E-state index in [4.69, 9.17) is 0 Å². The number of nitrogens with zero attached hydrogens (tertiary/aromatic N) is 1. The minimum absolute atomic E-state index is 0.0777. The van der Waals surface area contributed by atoms with Crippen molar-refractivity contribution in [3.05, 3.63) is 28.5 Å². The molecule has 2 rings (SSSR count). The van der Waals surface area contributed by atoms with Crippen molar-refractivity contribution in [3.8, 4) is 0 Å². The summed E-state index contributed by atoms with van der Waals surface area (Å²) in [4.78, 5) is 24.9. The largest absolute Gasteiger partial charge is 0.371 e. The van der Waals surface area contributed by atoms with E-state index >= 15 is 0 Å². The van der Waals surface area contributed by atoms with Gasteiger partial charge in [0.05, 0.1) is 12.1 Å². The average Bonchev–Trinajstić information content (AvgIpc) is 2.61. The zero-order valence-electron chi connectivity index (χ0n) is 10.5. The maximum atomic E-state index is 13.7. The number of benzene rings is 1. The molecule has 0 bridgehead atoms. The molecule has 1 atom stereocenters. The van der Waals surface area contributed by atoms with Gasteiger partial charge >= 0.3 is 0 Å². The Bertz CT molecular complexity index is 521. The number of halogens is 2. The fourth-order valence-corrected chi connectivity index (χ4v) is 2.38. The second kappa shape index (κ2) is 5.69. The standard InChI is InChI=1S/C13H14BrFN2O2/c1-2-5-17-12(18)7-11(13(17)19)16-10-4-3-8(14)6-9(10)15/h3-4,6,11,16H,2,5,7H2,1H3. The third-order valence-corrected chi connectivity index (χ3v) is 3.45. The van der Waals surface area contributed by atoms with Crippen LogP contribution < -0.4 is 5.32 Å². The Morgan fingerprint density at radius 2 is 2.21 bits per heavy atom. The molecule has 1 fully saturated rings. The number of amides is 2. The Kier molecular flexibility index (Phi) is 4.19. The zero-order chi connectivity index (χ0) is 14.0. The van der Waals surface area contributed by atoms with Crippen LogP contribution >= 0.6 is 15.9 Å². The molecule has 1 aliphatic heterocycles. The molecule has 1 aromatic rings. The van der Waals surface area contributed by atoms with E-state index in [1.54, 1.807) is 12.1 Å². The normalized spacial score (nSPS) is 19.1. The summed E-state index contributed by atoms with van der Waals surface area (Å²) in [5.41, 5.74) is 0.229. The smallest absolute Gasteiger partial charge is 0.252 e. The Labute approximate surface area is 119 Å². The molecule has 0 saturated carbocycles. The number of imide groups is 1.